The van der Waals surface area contributed by atoms with Gasteiger partial charge >= 0.3 is 0 Å². The standard InChI is InChI=1S/C19H14FN3OS2/c20-14-8-6-12(7-9-14)10-26-19-22-17-16(18(24)23(19)21)15(11-25-17)13-4-2-1-3-5-13/h1-9,11H,10,21H2. The Hall–Kier alpha value is -2.64. The molecule has 2 N–H and O–H groups in total. The van der Waals surface area contributed by atoms with Crippen molar-refractivity contribution in [2.45, 2.75) is 10.9 Å². The number of aromatic nitrogens is 2. The highest BCUT2D eigenvalue weighted by molar-refractivity contribution is 7.98. The lowest BCUT2D eigenvalue weighted by molar-refractivity contribution is 0.627. The predicted molar refractivity (Wildman–Crippen MR) is 105 cm³/mol. The van der Waals surface area contributed by atoms with Gasteiger partial charge in [0.2, 0.25) is 0 Å². The summed E-state index contributed by atoms with van der Waals surface area (Å²) in [6.45, 7) is 0. The third-order valence-electron chi connectivity index (χ3n) is 3.97. The largest absolute Gasteiger partial charge is 0.334 e. The molecule has 0 saturated carbocycles. The quantitative estimate of drug-likeness (QED) is 0.325. The van der Waals surface area contributed by atoms with Gasteiger partial charge in [-0.05, 0) is 23.3 Å². The van der Waals surface area contributed by atoms with Crippen molar-refractivity contribution in [2.24, 2.45) is 0 Å². The molecule has 0 radical (unpaired) electrons. The van der Waals surface area contributed by atoms with E-state index >= 15 is 0 Å². The third-order valence-corrected chi connectivity index (χ3v) is 5.87. The maximum atomic E-state index is 13.0. The average Bonchev–Trinajstić information content (AvgIpc) is 3.09. The van der Waals surface area contributed by atoms with Crippen LogP contribution in [-0.4, -0.2) is 9.66 Å². The molecule has 4 nitrogen and oxygen atoms in total. The van der Waals surface area contributed by atoms with E-state index in [0.717, 1.165) is 21.4 Å². The number of benzene rings is 2. The van der Waals surface area contributed by atoms with Gasteiger partial charge in [-0.1, -0.05) is 54.2 Å². The van der Waals surface area contributed by atoms with E-state index in [1.807, 2.05) is 35.7 Å². The Morgan fingerprint density at radius 2 is 1.85 bits per heavy atom. The van der Waals surface area contributed by atoms with Gasteiger partial charge in [0.05, 0.1) is 5.39 Å². The van der Waals surface area contributed by atoms with Crippen LogP contribution >= 0.6 is 23.1 Å². The van der Waals surface area contributed by atoms with Crippen molar-refractivity contribution in [3.05, 3.63) is 81.7 Å². The van der Waals surface area contributed by atoms with Gasteiger partial charge in [0, 0.05) is 16.7 Å². The van der Waals surface area contributed by atoms with Gasteiger partial charge in [-0.15, -0.1) is 11.3 Å². The van der Waals surface area contributed by atoms with E-state index in [-0.39, 0.29) is 11.4 Å². The molecule has 0 saturated heterocycles. The zero-order chi connectivity index (χ0) is 18.1. The van der Waals surface area contributed by atoms with Crippen LogP contribution in [-0.2, 0) is 5.75 Å². The first kappa shape index (κ1) is 16.8. The molecule has 0 aliphatic carbocycles. The first-order valence-electron chi connectivity index (χ1n) is 7.85. The van der Waals surface area contributed by atoms with E-state index in [4.69, 9.17) is 5.84 Å². The van der Waals surface area contributed by atoms with Crippen molar-refractivity contribution in [3.8, 4) is 11.1 Å². The van der Waals surface area contributed by atoms with Crippen molar-refractivity contribution < 1.29 is 4.39 Å². The fraction of sp³-hybridized carbons (Fsp3) is 0.0526. The second-order valence-electron chi connectivity index (χ2n) is 5.68. The zero-order valence-electron chi connectivity index (χ0n) is 13.6. The molecule has 0 atom stereocenters. The summed E-state index contributed by atoms with van der Waals surface area (Å²) < 4.78 is 14.1. The molecule has 0 aliphatic heterocycles. The van der Waals surface area contributed by atoms with Crippen LogP contribution in [0.3, 0.4) is 0 Å². The number of rotatable bonds is 4. The number of halogens is 1. The van der Waals surface area contributed by atoms with E-state index in [2.05, 4.69) is 4.98 Å². The highest BCUT2D eigenvalue weighted by atomic mass is 32.2. The lowest BCUT2D eigenvalue weighted by Crippen LogP contribution is -2.29. The topological polar surface area (TPSA) is 60.9 Å². The van der Waals surface area contributed by atoms with Crippen molar-refractivity contribution in [2.75, 3.05) is 5.84 Å². The van der Waals surface area contributed by atoms with Gasteiger partial charge in [-0.2, -0.15) is 0 Å². The summed E-state index contributed by atoms with van der Waals surface area (Å²) in [5.74, 6) is 6.28. The van der Waals surface area contributed by atoms with Gasteiger partial charge in [0.25, 0.3) is 5.56 Å². The minimum Gasteiger partial charge on any atom is -0.334 e. The van der Waals surface area contributed by atoms with Crippen LogP contribution in [0.5, 0.6) is 0 Å². The van der Waals surface area contributed by atoms with Crippen molar-refractivity contribution in [1.82, 2.24) is 9.66 Å². The second kappa shape index (κ2) is 6.93. The molecule has 0 unspecified atom stereocenters. The molecule has 130 valence electrons. The Morgan fingerprint density at radius 1 is 1.12 bits per heavy atom. The molecular formula is C19H14FN3OS2. The number of hydrogen-bond acceptors (Lipinski definition) is 5. The maximum absolute atomic E-state index is 13.0. The molecule has 2 aromatic carbocycles. The lowest BCUT2D eigenvalue weighted by Gasteiger charge is -2.07. The Kier molecular flexibility index (Phi) is 4.48. The van der Waals surface area contributed by atoms with Crippen LogP contribution in [0.25, 0.3) is 21.3 Å². The van der Waals surface area contributed by atoms with E-state index in [9.17, 15) is 9.18 Å². The molecule has 4 aromatic rings. The van der Waals surface area contributed by atoms with Crippen LogP contribution in [0, 0.1) is 5.82 Å². The Labute approximate surface area is 157 Å². The first-order chi connectivity index (χ1) is 12.6. The van der Waals surface area contributed by atoms with Crippen LogP contribution in [0.4, 0.5) is 4.39 Å². The molecular weight excluding hydrogens is 369 g/mol. The molecule has 0 aliphatic rings. The van der Waals surface area contributed by atoms with Crippen molar-refractivity contribution in [3.63, 3.8) is 0 Å². The number of hydrogen-bond donors (Lipinski definition) is 1. The van der Waals surface area contributed by atoms with E-state index in [1.54, 1.807) is 12.1 Å². The van der Waals surface area contributed by atoms with Crippen LogP contribution in [0.15, 0.2) is 69.9 Å². The molecule has 0 amide bonds. The highest BCUT2D eigenvalue weighted by Gasteiger charge is 2.16. The smallest absolute Gasteiger partial charge is 0.282 e. The Morgan fingerprint density at radius 3 is 2.58 bits per heavy atom. The van der Waals surface area contributed by atoms with Crippen molar-refractivity contribution >= 4 is 33.3 Å². The van der Waals surface area contributed by atoms with Gasteiger partial charge in [0.1, 0.15) is 10.6 Å². The summed E-state index contributed by atoms with van der Waals surface area (Å²) in [4.78, 5) is 18.0. The van der Waals surface area contributed by atoms with E-state index in [1.165, 1.54) is 35.2 Å². The minimum absolute atomic E-state index is 0.267. The summed E-state index contributed by atoms with van der Waals surface area (Å²) in [7, 11) is 0. The van der Waals surface area contributed by atoms with Crippen LogP contribution < -0.4 is 11.4 Å². The second-order valence-corrected chi connectivity index (χ2v) is 7.48. The first-order valence-corrected chi connectivity index (χ1v) is 9.72. The number of thiophene rings is 1. The Bertz CT molecular complexity index is 1120. The number of nitrogens with zero attached hydrogens (tertiary/aromatic N) is 2. The van der Waals surface area contributed by atoms with Gasteiger partial charge in [0.15, 0.2) is 5.16 Å². The number of thioether (sulfide) groups is 1. The number of nitrogens with two attached hydrogens (primary N) is 1. The van der Waals surface area contributed by atoms with E-state index < -0.39 is 0 Å². The van der Waals surface area contributed by atoms with Crippen molar-refractivity contribution in [1.29, 1.82) is 0 Å². The summed E-state index contributed by atoms with van der Waals surface area (Å²) in [6, 6.07) is 15.9. The average molecular weight is 383 g/mol. The lowest BCUT2D eigenvalue weighted by atomic mass is 10.1. The molecule has 2 heterocycles. The van der Waals surface area contributed by atoms with Crippen LogP contribution in [0.1, 0.15) is 5.56 Å². The SMILES string of the molecule is Nn1c(SCc2ccc(F)cc2)nc2scc(-c3ccccc3)c2c1=O. The summed E-state index contributed by atoms with van der Waals surface area (Å²) >= 11 is 2.78. The van der Waals surface area contributed by atoms with E-state index in [0.29, 0.717) is 21.1 Å². The van der Waals surface area contributed by atoms with Gasteiger partial charge in [-0.3, -0.25) is 4.79 Å². The summed E-state index contributed by atoms with van der Waals surface area (Å²) in [6.07, 6.45) is 0. The molecule has 26 heavy (non-hydrogen) atoms. The van der Waals surface area contributed by atoms with Gasteiger partial charge < -0.3 is 5.84 Å². The molecule has 0 spiro atoms. The van der Waals surface area contributed by atoms with Gasteiger partial charge in [-0.25, -0.2) is 14.1 Å². The van der Waals surface area contributed by atoms with Crippen LogP contribution in [0.2, 0.25) is 0 Å². The molecule has 4 rings (SSSR count). The molecule has 7 heteroatoms. The number of nitrogen functional groups attached to an aromatic ring is 1. The maximum Gasteiger partial charge on any atom is 0.282 e. The fourth-order valence-corrected chi connectivity index (χ4v) is 4.51. The minimum atomic E-state index is -0.277. The zero-order valence-corrected chi connectivity index (χ0v) is 15.2. The molecule has 0 fully saturated rings. The summed E-state index contributed by atoms with van der Waals surface area (Å²) in [5, 5.41) is 2.91. The fourth-order valence-electron chi connectivity index (χ4n) is 2.65. The molecule has 2 aromatic heterocycles. The third kappa shape index (κ3) is 3.11. The molecule has 0 bridgehead atoms. The predicted octanol–water partition coefficient (Wildman–Crippen LogP) is 4.27. The monoisotopic (exact) mass is 383 g/mol. The number of fused-ring (bicyclic) bond motifs is 1. The Balaban J connectivity index is 1.71. The normalized spacial score (nSPS) is 11.1. The highest BCUT2D eigenvalue weighted by Crippen LogP contribution is 2.32. The summed E-state index contributed by atoms with van der Waals surface area (Å²) in [5.41, 5.74) is 2.47.